The van der Waals surface area contributed by atoms with Crippen LogP contribution in [-0.4, -0.2) is 4.86 Å². The quantitative estimate of drug-likeness (QED) is 0.435. The van der Waals surface area contributed by atoms with E-state index in [0.29, 0.717) is 10.5 Å². The van der Waals surface area contributed by atoms with Gasteiger partial charge in [0.25, 0.3) is 0 Å². The number of hydrogen-bond donors (Lipinski definition) is 0. The Morgan fingerprint density at radius 3 is 2.47 bits per heavy atom. The molecule has 0 heterocycles. The zero-order valence-corrected chi connectivity index (χ0v) is 11.3. The molecular formula is C16H18N2O. The number of aryl methyl sites for hydroxylation is 1. The predicted octanol–water partition coefficient (Wildman–Crippen LogP) is 4.87. The number of rotatable bonds is 4. The second kappa shape index (κ2) is 6.14. The van der Waals surface area contributed by atoms with Gasteiger partial charge in [0.2, 0.25) is 5.69 Å². The van der Waals surface area contributed by atoms with Gasteiger partial charge in [-0.1, -0.05) is 48.5 Å². The molecule has 0 amide bonds. The molecule has 3 heteroatoms. The fourth-order valence-corrected chi connectivity index (χ4v) is 2.03. The Bertz CT molecular complexity index is 577. The molecule has 0 aliphatic heterocycles. The van der Waals surface area contributed by atoms with Gasteiger partial charge in [-0.15, -0.1) is 0 Å². The Labute approximate surface area is 113 Å². The van der Waals surface area contributed by atoms with Crippen molar-refractivity contribution in [2.75, 3.05) is 0 Å². The molecule has 0 atom stereocenters. The van der Waals surface area contributed by atoms with E-state index >= 15 is 0 Å². The molecule has 2 aromatic rings. The van der Waals surface area contributed by atoms with Crippen molar-refractivity contribution in [3.8, 4) is 0 Å². The summed E-state index contributed by atoms with van der Waals surface area (Å²) < 4.78 is 0. The third-order valence-electron chi connectivity index (χ3n) is 3.11. The van der Waals surface area contributed by atoms with Gasteiger partial charge in [0, 0.05) is 17.2 Å². The minimum atomic E-state index is 0.544. The van der Waals surface area contributed by atoms with Crippen LogP contribution in [0, 0.1) is 12.1 Å². The highest BCUT2D eigenvalue weighted by Gasteiger charge is 2.07. The third kappa shape index (κ3) is 3.19. The fourth-order valence-electron chi connectivity index (χ4n) is 2.03. The second-order valence-electron chi connectivity index (χ2n) is 4.52. The SMILES string of the molecule is CCCc1cccc(N=[N+]([O-])c2ccccc2)c1C. The van der Waals surface area contributed by atoms with Gasteiger partial charge in [-0.05, 0) is 30.5 Å². The monoisotopic (exact) mass is 254 g/mol. The normalized spacial score (nSPS) is 11.6. The summed E-state index contributed by atoms with van der Waals surface area (Å²) in [7, 11) is 0. The minimum absolute atomic E-state index is 0.544. The van der Waals surface area contributed by atoms with Crippen LogP contribution >= 0.6 is 0 Å². The van der Waals surface area contributed by atoms with Crippen LogP contribution < -0.4 is 0 Å². The summed E-state index contributed by atoms with van der Waals surface area (Å²) in [6.45, 7) is 4.16. The lowest BCUT2D eigenvalue weighted by Gasteiger charge is -2.06. The summed E-state index contributed by atoms with van der Waals surface area (Å²) in [5, 5.41) is 16.1. The number of azo groups is 1. The Morgan fingerprint density at radius 2 is 1.79 bits per heavy atom. The molecule has 0 saturated heterocycles. The molecule has 0 aliphatic rings. The molecule has 2 rings (SSSR count). The molecule has 0 fully saturated rings. The van der Waals surface area contributed by atoms with Crippen molar-refractivity contribution < 1.29 is 4.86 Å². The lowest BCUT2D eigenvalue weighted by Crippen LogP contribution is -1.93. The summed E-state index contributed by atoms with van der Waals surface area (Å²) in [5.41, 5.74) is 3.62. The number of para-hydroxylation sites is 1. The van der Waals surface area contributed by atoms with Crippen molar-refractivity contribution in [1.29, 1.82) is 0 Å². The average molecular weight is 254 g/mol. The maximum absolute atomic E-state index is 12.0. The molecule has 0 N–H and O–H groups in total. The van der Waals surface area contributed by atoms with Crippen LogP contribution in [0.15, 0.2) is 53.6 Å². The van der Waals surface area contributed by atoms with Crippen LogP contribution in [0.2, 0.25) is 0 Å². The van der Waals surface area contributed by atoms with Gasteiger partial charge in [0.1, 0.15) is 5.69 Å². The van der Waals surface area contributed by atoms with Gasteiger partial charge in [-0.25, -0.2) is 0 Å². The first kappa shape index (κ1) is 13.3. The van der Waals surface area contributed by atoms with Crippen LogP contribution in [0.3, 0.4) is 0 Å². The molecule has 2 aromatic carbocycles. The van der Waals surface area contributed by atoms with E-state index in [4.69, 9.17) is 0 Å². The molecule has 19 heavy (non-hydrogen) atoms. The number of hydrogen-bond acceptors (Lipinski definition) is 2. The summed E-state index contributed by atoms with van der Waals surface area (Å²) in [6, 6.07) is 15.0. The zero-order chi connectivity index (χ0) is 13.7. The van der Waals surface area contributed by atoms with Crippen molar-refractivity contribution in [1.82, 2.24) is 0 Å². The van der Waals surface area contributed by atoms with E-state index in [9.17, 15) is 5.21 Å². The molecule has 0 radical (unpaired) electrons. The van der Waals surface area contributed by atoms with Gasteiger partial charge in [-0.2, -0.15) is 0 Å². The highest BCUT2D eigenvalue weighted by Crippen LogP contribution is 2.24. The maximum atomic E-state index is 12.0. The Hall–Kier alpha value is -2.16. The zero-order valence-electron chi connectivity index (χ0n) is 11.3. The van der Waals surface area contributed by atoms with Gasteiger partial charge in [0.15, 0.2) is 0 Å². The lowest BCUT2D eigenvalue weighted by molar-refractivity contribution is -0.435. The van der Waals surface area contributed by atoms with E-state index in [1.165, 1.54) is 5.56 Å². The van der Waals surface area contributed by atoms with Crippen LogP contribution in [0.1, 0.15) is 24.5 Å². The van der Waals surface area contributed by atoms with E-state index in [2.05, 4.69) is 18.1 Å². The smallest absolute Gasteiger partial charge is 0.244 e. The lowest BCUT2D eigenvalue weighted by atomic mass is 10.0. The Morgan fingerprint density at radius 1 is 1.05 bits per heavy atom. The van der Waals surface area contributed by atoms with E-state index in [0.717, 1.165) is 24.1 Å². The van der Waals surface area contributed by atoms with Crippen LogP contribution in [0.4, 0.5) is 11.4 Å². The van der Waals surface area contributed by atoms with Crippen LogP contribution in [0.5, 0.6) is 0 Å². The largest absolute Gasteiger partial charge is 0.594 e. The highest BCUT2D eigenvalue weighted by atomic mass is 16.5. The van der Waals surface area contributed by atoms with Crippen LogP contribution in [0.25, 0.3) is 0 Å². The Balaban J connectivity index is 2.35. The van der Waals surface area contributed by atoms with Crippen molar-refractivity contribution in [3.63, 3.8) is 0 Å². The minimum Gasteiger partial charge on any atom is -0.594 e. The molecule has 3 nitrogen and oxygen atoms in total. The van der Waals surface area contributed by atoms with Gasteiger partial charge >= 0.3 is 0 Å². The summed E-state index contributed by atoms with van der Waals surface area (Å²) in [6.07, 6.45) is 2.10. The average Bonchev–Trinajstić information content (AvgIpc) is 2.44. The molecular weight excluding hydrogens is 236 g/mol. The molecule has 0 aromatic heterocycles. The molecule has 0 spiro atoms. The molecule has 0 bridgehead atoms. The predicted molar refractivity (Wildman–Crippen MR) is 77.0 cm³/mol. The van der Waals surface area contributed by atoms with Gasteiger partial charge in [0.05, 0.1) is 0 Å². The van der Waals surface area contributed by atoms with Crippen LogP contribution in [-0.2, 0) is 6.42 Å². The summed E-state index contributed by atoms with van der Waals surface area (Å²) >= 11 is 0. The molecule has 0 saturated carbocycles. The molecule has 98 valence electrons. The summed E-state index contributed by atoms with van der Waals surface area (Å²) in [4.78, 5) is 0.679. The highest BCUT2D eigenvalue weighted by molar-refractivity contribution is 5.48. The summed E-state index contributed by atoms with van der Waals surface area (Å²) in [5.74, 6) is 0. The number of benzene rings is 2. The first-order valence-corrected chi connectivity index (χ1v) is 6.55. The van der Waals surface area contributed by atoms with Crippen molar-refractivity contribution in [2.24, 2.45) is 5.11 Å². The molecule has 0 aliphatic carbocycles. The standard InChI is InChI=1S/C16H18N2O/c1-3-8-14-9-7-12-16(13(14)2)17-18(19)15-10-5-4-6-11-15/h4-7,9-12H,3,8H2,1-2H3. The van der Waals surface area contributed by atoms with Crippen molar-refractivity contribution in [2.45, 2.75) is 26.7 Å². The van der Waals surface area contributed by atoms with Gasteiger partial charge in [-0.3, -0.25) is 0 Å². The topological polar surface area (TPSA) is 38.4 Å². The fraction of sp³-hybridized carbons (Fsp3) is 0.250. The third-order valence-corrected chi connectivity index (χ3v) is 3.11. The van der Waals surface area contributed by atoms with E-state index in [-0.39, 0.29) is 0 Å². The second-order valence-corrected chi connectivity index (χ2v) is 4.52. The maximum Gasteiger partial charge on any atom is 0.244 e. The van der Waals surface area contributed by atoms with Crippen molar-refractivity contribution in [3.05, 3.63) is 64.9 Å². The van der Waals surface area contributed by atoms with Gasteiger partial charge < -0.3 is 5.21 Å². The first-order chi connectivity index (χ1) is 9.22. The number of nitrogens with zero attached hydrogens (tertiary/aromatic N) is 2. The molecule has 0 unspecified atom stereocenters. The van der Waals surface area contributed by atoms with E-state index in [1.54, 1.807) is 12.1 Å². The first-order valence-electron chi connectivity index (χ1n) is 6.55. The van der Waals surface area contributed by atoms with E-state index < -0.39 is 0 Å². The van der Waals surface area contributed by atoms with Crippen molar-refractivity contribution >= 4 is 11.4 Å². The Kier molecular flexibility index (Phi) is 4.29. The van der Waals surface area contributed by atoms with E-state index in [1.807, 2.05) is 37.3 Å².